The molecule has 0 saturated heterocycles. The van der Waals surface area contributed by atoms with Crippen LogP contribution >= 0.6 is 0 Å². The topological polar surface area (TPSA) is 122 Å². The number of rotatable bonds is 10. The van der Waals surface area contributed by atoms with E-state index in [2.05, 4.69) is 10.6 Å². The molecule has 0 aliphatic carbocycles. The van der Waals surface area contributed by atoms with E-state index in [0.29, 0.717) is 28.3 Å². The first kappa shape index (κ1) is 23.2. The number of nitrogens with one attached hydrogen (secondary N) is 2. The third kappa shape index (κ3) is 7.62. The summed E-state index contributed by atoms with van der Waals surface area (Å²) in [6, 6.07) is 21.5. The molecule has 3 N–H and O–H groups in total. The molecule has 0 radical (unpaired) electrons. The van der Waals surface area contributed by atoms with E-state index < -0.39 is 17.8 Å². The van der Waals surface area contributed by atoms with Crippen LogP contribution in [0.15, 0.2) is 78.9 Å². The van der Waals surface area contributed by atoms with Crippen LogP contribution in [0.1, 0.15) is 22.3 Å². The third-order valence-corrected chi connectivity index (χ3v) is 4.50. The zero-order chi connectivity index (χ0) is 23.6. The average Bonchev–Trinajstić information content (AvgIpc) is 2.79. The Morgan fingerprint density at radius 1 is 0.758 bits per heavy atom. The van der Waals surface area contributed by atoms with Crippen LogP contribution in [0.3, 0.4) is 0 Å². The zero-order valence-electron chi connectivity index (χ0n) is 17.6. The Kier molecular flexibility index (Phi) is 7.91. The lowest BCUT2D eigenvalue weighted by Crippen LogP contribution is -2.20. The monoisotopic (exact) mass is 446 g/mol. The number of aliphatic carboxylic acids is 1. The number of carboxylic acids is 1. The summed E-state index contributed by atoms with van der Waals surface area (Å²) in [5.41, 5.74) is 1.98. The smallest absolute Gasteiger partial charge is 0.307 e. The minimum Gasteiger partial charge on any atom is -0.484 e. The molecule has 2 amide bonds. The lowest BCUT2D eigenvalue weighted by molar-refractivity contribution is -0.136. The molecule has 3 aromatic carbocycles. The van der Waals surface area contributed by atoms with Gasteiger partial charge in [-0.3, -0.25) is 19.2 Å². The van der Waals surface area contributed by atoms with Gasteiger partial charge in [-0.25, -0.2) is 0 Å². The van der Waals surface area contributed by atoms with E-state index in [0.717, 1.165) is 0 Å². The van der Waals surface area contributed by atoms with Crippen LogP contribution in [0, 0.1) is 0 Å². The van der Waals surface area contributed by atoms with E-state index in [1.165, 1.54) is 0 Å². The summed E-state index contributed by atoms with van der Waals surface area (Å²) in [5, 5.41) is 14.1. The molecule has 0 aromatic heterocycles. The summed E-state index contributed by atoms with van der Waals surface area (Å²) in [5.74, 6) is -1.65. The Hall–Kier alpha value is -4.46. The van der Waals surface area contributed by atoms with Crippen molar-refractivity contribution in [1.29, 1.82) is 0 Å². The number of ketones is 1. The van der Waals surface area contributed by atoms with Gasteiger partial charge in [0.2, 0.25) is 5.91 Å². The minimum atomic E-state index is -0.927. The van der Waals surface area contributed by atoms with Crippen molar-refractivity contribution in [3.63, 3.8) is 0 Å². The summed E-state index contributed by atoms with van der Waals surface area (Å²) >= 11 is 0. The van der Waals surface area contributed by atoms with Crippen molar-refractivity contribution in [2.45, 2.75) is 12.8 Å². The Bertz CT molecular complexity index is 1140. The van der Waals surface area contributed by atoms with Gasteiger partial charge >= 0.3 is 5.97 Å². The number of anilines is 2. The van der Waals surface area contributed by atoms with E-state index in [1.807, 2.05) is 0 Å². The number of Topliss-reactive ketones (excluding diaryl/α,β-unsaturated/α-hetero) is 1. The number of carbonyl (C=O) groups is 4. The van der Waals surface area contributed by atoms with Gasteiger partial charge in [0.05, 0.1) is 12.8 Å². The van der Waals surface area contributed by atoms with E-state index in [9.17, 15) is 19.2 Å². The van der Waals surface area contributed by atoms with Crippen LogP contribution < -0.4 is 15.4 Å². The summed E-state index contributed by atoms with van der Waals surface area (Å²) in [4.78, 5) is 47.3. The molecule has 8 nitrogen and oxygen atoms in total. The molecule has 168 valence electrons. The van der Waals surface area contributed by atoms with Gasteiger partial charge in [0.1, 0.15) is 5.75 Å². The highest BCUT2D eigenvalue weighted by Gasteiger charge is 2.12. The lowest BCUT2D eigenvalue weighted by Gasteiger charge is -2.10. The molecule has 0 atom stereocenters. The van der Waals surface area contributed by atoms with Gasteiger partial charge in [-0.15, -0.1) is 0 Å². The second kappa shape index (κ2) is 11.2. The fourth-order valence-corrected chi connectivity index (χ4v) is 2.98. The van der Waals surface area contributed by atoms with Gasteiger partial charge in [-0.05, 0) is 35.9 Å². The van der Waals surface area contributed by atoms with Gasteiger partial charge in [0, 0.05) is 16.9 Å². The standard InChI is InChI=1S/C25H22N2O6/c28-22(18-5-2-1-3-6-18)15-23(29)26-19-7-4-8-20(14-19)27-24(30)16-33-21-11-9-17(10-12-21)13-25(31)32/h1-12,14H,13,15-16H2,(H,26,29)(H,27,30)(H,31,32). The maximum atomic E-state index is 12.2. The van der Waals surface area contributed by atoms with Crippen molar-refractivity contribution < 1.29 is 29.0 Å². The fourth-order valence-electron chi connectivity index (χ4n) is 2.98. The number of carboxylic acid groups (broad SMARTS) is 1. The molecule has 0 saturated carbocycles. The number of carbonyl (C=O) groups excluding carboxylic acids is 3. The number of amides is 2. The van der Waals surface area contributed by atoms with E-state index >= 15 is 0 Å². The Morgan fingerprint density at radius 3 is 2.03 bits per heavy atom. The van der Waals surface area contributed by atoms with Crippen molar-refractivity contribution in [2.75, 3.05) is 17.2 Å². The molecule has 3 aromatic rings. The lowest BCUT2D eigenvalue weighted by atomic mass is 10.1. The van der Waals surface area contributed by atoms with E-state index in [1.54, 1.807) is 78.9 Å². The Morgan fingerprint density at radius 2 is 1.39 bits per heavy atom. The van der Waals surface area contributed by atoms with Crippen molar-refractivity contribution in [1.82, 2.24) is 0 Å². The fraction of sp³-hybridized carbons (Fsp3) is 0.120. The SMILES string of the molecule is O=C(O)Cc1ccc(OCC(=O)Nc2cccc(NC(=O)CC(=O)c3ccccc3)c2)cc1. The van der Waals surface area contributed by atoms with Crippen LogP contribution in [0.5, 0.6) is 5.75 Å². The van der Waals surface area contributed by atoms with Crippen LogP contribution in [0.2, 0.25) is 0 Å². The van der Waals surface area contributed by atoms with Gasteiger partial charge < -0.3 is 20.5 Å². The number of hydrogen-bond acceptors (Lipinski definition) is 5. The maximum Gasteiger partial charge on any atom is 0.307 e. The largest absolute Gasteiger partial charge is 0.484 e. The molecule has 0 unspecified atom stereocenters. The van der Waals surface area contributed by atoms with Crippen LogP contribution in [-0.4, -0.2) is 35.3 Å². The molecule has 0 bridgehead atoms. The minimum absolute atomic E-state index is 0.0892. The second-order valence-corrected chi connectivity index (χ2v) is 7.15. The first-order chi connectivity index (χ1) is 15.9. The Labute approximate surface area is 190 Å². The van der Waals surface area contributed by atoms with Crippen molar-refractivity contribution in [3.05, 3.63) is 90.0 Å². The van der Waals surface area contributed by atoms with Crippen molar-refractivity contribution >= 4 is 34.9 Å². The summed E-state index contributed by atoms with van der Waals surface area (Å²) in [6.07, 6.45) is -0.381. The Balaban J connectivity index is 1.48. The van der Waals surface area contributed by atoms with Gasteiger partial charge in [-0.1, -0.05) is 48.5 Å². The molecular formula is C25H22N2O6. The highest BCUT2D eigenvalue weighted by molar-refractivity contribution is 6.11. The first-order valence-electron chi connectivity index (χ1n) is 10.1. The molecular weight excluding hydrogens is 424 g/mol. The molecule has 33 heavy (non-hydrogen) atoms. The average molecular weight is 446 g/mol. The van der Waals surface area contributed by atoms with Gasteiger partial charge in [0.25, 0.3) is 5.91 Å². The highest BCUT2D eigenvalue weighted by atomic mass is 16.5. The predicted octanol–water partition coefficient (Wildman–Crippen LogP) is 3.54. The molecule has 0 aliphatic heterocycles. The van der Waals surface area contributed by atoms with Crippen molar-refractivity contribution in [3.8, 4) is 5.75 Å². The number of ether oxygens (including phenoxy) is 1. The number of benzene rings is 3. The summed E-state index contributed by atoms with van der Waals surface area (Å²) in [7, 11) is 0. The normalized spacial score (nSPS) is 10.2. The van der Waals surface area contributed by atoms with Gasteiger partial charge in [-0.2, -0.15) is 0 Å². The van der Waals surface area contributed by atoms with E-state index in [-0.39, 0.29) is 25.2 Å². The second-order valence-electron chi connectivity index (χ2n) is 7.15. The molecule has 3 rings (SSSR count). The zero-order valence-corrected chi connectivity index (χ0v) is 17.6. The first-order valence-corrected chi connectivity index (χ1v) is 10.1. The third-order valence-electron chi connectivity index (χ3n) is 4.50. The molecule has 0 spiro atoms. The predicted molar refractivity (Wildman–Crippen MR) is 122 cm³/mol. The van der Waals surface area contributed by atoms with Crippen molar-refractivity contribution in [2.24, 2.45) is 0 Å². The highest BCUT2D eigenvalue weighted by Crippen LogP contribution is 2.17. The van der Waals surface area contributed by atoms with Gasteiger partial charge in [0.15, 0.2) is 12.4 Å². The summed E-state index contributed by atoms with van der Waals surface area (Å²) in [6.45, 7) is -0.250. The maximum absolute atomic E-state index is 12.2. The summed E-state index contributed by atoms with van der Waals surface area (Å²) < 4.78 is 5.41. The van der Waals surface area contributed by atoms with E-state index in [4.69, 9.17) is 9.84 Å². The van der Waals surface area contributed by atoms with Crippen LogP contribution in [0.25, 0.3) is 0 Å². The quantitative estimate of drug-likeness (QED) is 0.323. The molecule has 8 heteroatoms. The molecule has 0 aliphatic rings. The number of hydrogen-bond donors (Lipinski definition) is 3. The van der Waals surface area contributed by atoms with Crippen LogP contribution in [0.4, 0.5) is 11.4 Å². The molecule has 0 fully saturated rings. The molecule has 0 heterocycles. The van der Waals surface area contributed by atoms with Crippen LogP contribution in [-0.2, 0) is 20.8 Å².